The molecule has 2 aliphatic heterocycles. The minimum Gasteiger partial charge on any atom is -0.472 e. The fraction of sp³-hybridized carbons (Fsp3) is 0.593. The molecular weight excluding hydrogens is 436 g/mol. The minimum absolute atomic E-state index is 0.0658. The Labute approximate surface area is 198 Å². The number of carbonyl (C=O) groups is 3. The predicted molar refractivity (Wildman–Crippen MR) is 119 cm³/mol. The van der Waals surface area contributed by atoms with E-state index in [-0.39, 0.29) is 36.2 Å². The number of furan rings is 1. The highest BCUT2D eigenvalue weighted by Crippen LogP contribution is 2.72. The first-order valence-electron chi connectivity index (χ1n) is 12.0. The van der Waals surface area contributed by atoms with Gasteiger partial charge in [-0.25, -0.2) is 0 Å². The third-order valence-corrected chi connectivity index (χ3v) is 9.91. The topological polar surface area (TPSA) is 92.0 Å². The van der Waals surface area contributed by atoms with Crippen molar-refractivity contribution < 1.29 is 33.0 Å². The van der Waals surface area contributed by atoms with Gasteiger partial charge in [-0.05, 0) is 49.5 Å². The van der Waals surface area contributed by atoms with Gasteiger partial charge in [-0.3, -0.25) is 14.4 Å². The molecule has 9 atom stereocenters. The maximum atomic E-state index is 13.7. The van der Waals surface area contributed by atoms with Gasteiger partial charge in [-0.1, -0.05) is 25.5 Å². The summed E-state index contributed by atoms with van der Waals surface area (Å²) < 4.78 is 23.2. The molecule has 5 aliphatic rings. The molecule has 1 aromatic heterocycles. The molecule has 2 saturated heterocycles. The molecular formula is C27H30O7. The Morgan fingerprint density at radius 2 is 1.97 bits per heavy atom. The van der Waals surface area contributed by atoms with Gasteiger partial charge >= 0.3 is 11.9 Å². The van der Waals surface area contributed by atoms with E-state index in [2.05, 4.69) is 13.8 Å². The number of ether oxygens (including phenoxy) is 3. The number of ketones is 1. The Balaban J connectivity index is 1.58. The Morgan fingerprint density at radius 3 is 2.65 bits per heavy atom. The van der Waals surface area contributed by atoms with Crippen LogP contribution in [-0.4, -0.2) is 43.1 Å². The van der Waals surface area contributed by atoms with Gasteiger partial charge in [0.1, 0.15) is 12.2 Å². The van der Waals surface area contributed by atoms with Crippen LogP contribution in [-0.2, 0) is 28.6 Å². The van der Waals surface area contributed by atoms with Gasteiger partial charge in [0, 0.05) is 22.7 Å². The highest BCUT2D eigenvalue weighted by molar-refractivity contribution is 6.00. The van der Waals surface area contributed by atoms with Crippen molar-refractivity contribution in [2.24, 2.45) is 28.1 Å². The molecule has 2 unspecified atom stereocenters. The number of rotatable bonds is 3. The fourth-order valence-corrected chi connectivity index (χ4v) is 8.41. The zero-order chi connectivity index (χ0) is 24.2. The lowest BCUT2D eigenvalue weighted by molar-refractivity contribution is -0.190. The van der Waals surface area contributed by atoms with E-state index in [1.54, 1.807) is 18.6 Å². The third-order valence-electron chi connectivity index (χ3n) is 9.91. The molecule has 180 valence electrons. The van der Waals surface area contributed by atoms with E-state index < -0.39 is 40.3 Å². The highest BCUT2D eigenvalue weighted by atomic mass is 16.6. The molecule has 1 aromatic rings. The molecule has 7 heteroatoms. The van der Waals surface area contributed by atoms with Crippen molar-refractivity contribution in [3.63, 3.8) is 0 Å². The number of carbonyl (C=O) groups excluding carboxylic acids is 3. The summed E-state index contributed by atoms with van der Waals surface area (Å²) in [7, 11) is 1.37. The van der Waals surface area contributed by atoms with Crippen molar-refractivity contribution in [1.29, 1.82) is 0 Å². The summed E-state index contributed by atoms with van der Waals surface area (Å²) in [5.41, 5.74) is 0.794. The second kappa shape index (κ2) is 6.72. The Hall–Kier alpha value is -2.67. The quantitative estimate of drug-likeness (QED) is 0.495. The molecule has 0 bridgehead atoms. The standard InChI is InChI=1S/C27H30O7/c1-13-15(14-7-9-32-12-14)10-16-20(13)27(4)17(11-19(29)31-5)26(3)18(28)6-8-25(2)22(26)21(23(27)33-16)34-24(25)30/h6-9,12,15-17,21-23H,10-11H2,1-5H3/t15-,16?,17-,21-,22?,23-,25-,26+,27-/m1/s1. The van der Waals surface area contributed by atoms with Crippen LogP contribution >= 0.6 is 0 Å². The summed E-state index contributed by atoms with van der Waals surface area (Å²) in [4.78, 5) is 39.6. The monoisotopic (exact) mass is 466 g/mol. The normalized spacial score (nSPS) is 46.3. The number of allylic oxidation sites excluding steroid dienone is 2. The van der Waals surface area contributed by atoms with E-state index in [1.807, 2.05) is 19.9 Å². The van der Waals surface area contributed by atoms with Crippen LogP contribution in [0.15, 0.2) is 46.3 Å². The lowest BCUT2D eigenvalue weighted by atomic mass is 9.42. The number of hydrogen-bond acceptors (Lipinski definition) is 7. The predicted octanol–water partition coefficient (Wildman–Crippen LogP) is 3.74. The molecule has 0 amide bonds. The summed E-state index contributed by atoms with van der Waals surface area (Å²) in [5, 5.41) is 0. The lowest BCUT2D eigenvalue weighted by Crippen LogP contribution is -2.66. The summed E-state index contributed by atoms with van der Waals surface area (Å²) in [6.45, 7) is 7.96. The summed E-state index contributed by atoms with van der Waals surface area (Å²) in [6, 6.07) is 1.97. The molecule has 6 rings (SSSR count). The third kappa shape index (κ3) is 2.34. The molecule has 3 aliphatic carbocycles. The van der Waals surface area contributed by atoms with Crippen LogP contribution in [0.5, 0.6) is 0 Å². The van der Waals surface area contributed by atoms with Gasteiger partial charge in [0.25, 0.3) is 0 Å². The van der Waals surface area contributed by atoms with Crippen molar-refractivity contribution in [1.82, 2.24) is 0 Å². The van der Waals surface area contributed by atoms with Gasteiger partial charge in [0.2, 0.25) is 0 Å². The summed E-state index contributed by atoms with van der Waals surface area (Å²) >= 11 is 0. The van der Waals surface area contributed by atoms with Gasteiger partial charge in [0.05, 0.1) is 37.6 Å². The van der Waals surface area contributed by atoms with Crippen LogP contribution in [0.4, 0.5) is 0 Å². The first-order chi connectivity index (χ1) is 16.1. The van der Waals surface area contributed by atoms with Crippen LogP contribution in [0.3, 0.4) is 0 Å². The number of hydrogen-bond donors (Lipinski definition) is 0. The van der Waals surface area contributed by atoms with Crippen molar-refractivity contribution >= 4 is 17.7 Å². The molecule has 1 saturated carbocycles. The largest absolute Gasteiger partial charge is 0.472 e. The lowest BCUT2D eigenvalue weighted by Gasteiger charge is -2.59. The van der Waals surface area contributed by atoms with Crippen molar-refractivity contribution in [2.75, 3.05) is 7.11 Å². The van der Waals surface area contributed by atoms with Crippen molar-refractivity contribution in [2.45, 2.75) is 64.8 Å². The molecule has 3 fully saturated rings. The molecule has 0 N–H and O–H groups in total. The fourth-order valence-electron chi connectivity index (χ4n) is 8.41. The first-order valence-corrected chi connectivity index (χ1v) is 12.0. The summed E-state index contributed by atoms with van der Waals surface area (Å²) in [5.74, 6) is -1.46. The molecule has 3 heterocycles. The Bertz CT molecular complexity index is 1160. The van der Waals surface area contributed by atoms with E-state index in [1.165, 1.54) is 18.8 Å². The molecule has 0 aromatic carbocycles. The SMILES string of the molecule is COC(=O)C[C@H]1[C@]2(C)C3=C(C)[C@H](c4ccoc4)CC3O[C@@H]2[C@@H]2OC(=O)[C@]3(C)C=CC(=O)[C@@]1(C)C23. The zero-order valence-corrected chi connectivity index (χ0v) is 20.1. The van der Waals surface area contributed by atoms with Crippen molar-refractivity contribution in [3.05, 3.63) is 47.5 Å². The number of esters is 2. The van der Waals surface area contributed by atoms with E-state index in [0.717, 1.165) is 17.6 Å². The van der Waals surface area contributed by atoms with Gasteiger partial charge in [0.15, 0.2) is 5.78 Å². The number of methoxy groups -OCH3 is 1. The van der Waals surface area contributed by atoms with E-state index in [0.29, 0.717) is 0 Å². The maximum absolute atomic E-state index is 13.7. The van der Waals surface area contributed by atoms with Crippen LogP contribution in [0.25, 0.3) is 0 Å². The van der Waals surface area contributed by atoms with Crippen LogP contribution in [0.2, 0.25) is 0 Å². The minimum atomic E-state index is -0.987. The van der Waals surface area contributed by atoms with Crippen LogP contribution in [0.1, 0.15) is 52.0 Å². The molecule has 34 heavy (non-hydrogen) atoms. The average Bonchev–Trinajstić information content (AvgIpc) is 3.54. The van der Waals surface area contributed by atoms with Crippen LogP contribution < -0.4 is 0 Å². The zero-order valence-electron chi connectivity index (χ0n) is 20.1. The average molecular weight is 467 g/mol. The van der Waals surface area contributed by atoms with Gasteiger partial charge in [-0.2, -0.15) is 0 Å². The summed E-state index contributed by atoms with van der Waals surface area (Å²) in [6.07, 6.45) is 6.29. The highest BCUT2D eigenvalue weighted by Gasteiger charge is 2.77. The number of fused-ring (bicyclic) bond motifs is 4. The second-order valence-electron chi connectivity index (χ2n) is 11.2. The van der Waals surface area contributed by atoms with E-state index in [9.17, 15) is 14.4 Å². The first kappa shape index (κ1) is 21.8. The Kier molecular flexibility index (Phi) is 4.31. The Morgan fingerprint density at radius 1 is 1.21 bits per heavy atom. The van der Waals surface area contributed by atoms with E-state index >= 15 is 0 Å². The molecule has 7 nitrogen and oxygen atoms in total. The van der Waals surface area contributed by atoms with Gasteiger partial charge in [-0.15, -0.1) is 0 Å². The second-order valence-corrected chi connectivity index (χ2v) is 11.2. The maximum Gasteiger partial charge on any atom is 0.316 e. The smallest absolute Gasteiger partial charge is 0.316 e. The van der Waals surface area contributed by atoms with Crippen LogP contribution in [0, 0.1) is 28.1 Å². The molecule has 0 radical (unpaired) electrons. The van der Waals surface area contributed by atoms with E-state index in [4.69, 9.17) is 18.6 Å². The van der Waals surface area contributed by atoms with Crippen molar-refractivity contribution in [3.8, 4) is 0 Å². The molecule has 0 spiro atoms. The van der Waals surface area contributed by atoms with Gasteiger partial charge < -0.3 is 18.6 Å².